The minimum Gasteiger partial charge on any atom is -0.491 e. The number of aliphatic hydroxyl groups is 1. The van der Waals surface area contributed by atoms with Gasteiger partial charge in [-0.25, -0.2) is 4.39 Å². The van der Waals surface area contributed by atoms with E-state index in [1.165, 1.54) is 12.1 Å². The van der Waals surface area contributed by atoms with Crippen LogP contribution in [-0.2, 0) is 0 Å². The van der Waals surface area contributed by atoms with Crippen molar-refractivity contribution in [3.05, 3.63) is 30.1 Å². The molecule has 106 valence electrons. The quantitative estimate of drug-likeness (QED) is 0.888. The molecular weight excluding hydrogens is 245 g/mol. The summed E-state index contributed by atoms with van der Waals surface area (Å²) >= 11 is 0. The van der Waals surface area contributed by atoms with Gasteiger partial charge < -0.3 is 14.7 Å². The van der Waals surface area contributed by atoms with Gasteiger partial charge in [-0.3, -0.25) is 0 Å². The SMILES string of the molecule is CC(C)N1CCC(C(O)COc2ccc(F)cc2)C1. The molecule has 0 aromatic heterocycles. The molecule has 0 radical (unpaired) electrons. The first-order chi connectivity index (χ1) is 9.06. The molecular formula is C15H22FNO2. The molecule has 1 heterocycles. The summed E-state index contributed by atoms with van der Waals surface area (Å²) in [5.41, 5.74) is 0. The average Bonchev–Trinajstić information content (AvgIpc) is 2.87. The molecule has 2 rings (SSSR count). The Kier molecular flexibility index (Phi) is 4.77. The highest BCUT2D eigenvalue weighted by atomic mass is 19.1. The van der Waals surface area contributed by atoms with E-state index in [2.05, 4.69) is 18.7 Å². The Balaban J connectivity index is 1.78. The van der Waals surface area contributed by atoms with E-state index in [0.717, 1.165) is 19.5 Å². The van der Waals surface area contributed by atoms with E-state index in [-0.39, 0.29) is 18.3 Å². The minimum absolute atomic E-state index is 0.266. The highest BCUT2D eigenvalue weighted by Crippen LogP contribution is 2.22. The third-order valence-corrected chi connectivity index (χ3v) is 3.76. The molecule has 3 nitrogen and oxygen atoms in total. The molecule has 1 aromatic carbocycles. The summed E-state index contributed by atoms with van der Waals surface area (Å²) in [6.07, 6.45) is 0.542. The predicted molar refractivity (Wildman–Crippen MR) is 72.7 cm³/mol. The average molecular weight is 267 g/mol. The summed E-state index contributed by atoms with van der Waals surface area (Å²) in [5.74, 6) is 0.582. The van der Waals surface area contributed by atoms with Crippen molar-refractivity contribution < 1.29 is 14.2 Å². The van der Waals surface area contributed by atoms with E-state index in [1.807, 2.05) is 0 Å². The Morgan fingerprint density at radius 1 is 1.37 bits per heavy atom. The topological polar surface area (TPSA) is 32.7 Å². The first-order valence-electron chi connectivity index (χ1n) is 6.86. The number of aliphatic hydroxyl groups excluding tert-OH is 1. The monoisotopic (exact) mass is 267 g/mol. The molecule has 1 N–H and O–H groups in total. The van der Waals surface area contributed by atoms with Gasteiger partial charge in [0.25, 0.3) is 0 Å². The van der Waals surface area contributed by atoms with Crippen molar-refractivity contribution in [2.45, 2.75) is 32.4 Å². The molecule has 0 spiro atoms. The van der Waals surface area contributed by atoms with Crippen molar-refractivity contribution in [3.63, 3.8) is 0 Å². The summed E-state index contributed by atoms with van der Waals surface area (Å²) in [4.78, 5) is 2.37. The lowest BCUT2D eigenvalue weighted by atomic mass is 10.0. The molecule has 2 unspecified atom stereocenters. The first-order valence-corrected chi connectivity index (χ1v) is 6.86. The van der Waals surface area contributed by atoms with Gasteiger partial charge in [0.05, 0.1) is 6.10 Å². The van der Waals surface area contributed by atoms with Gasteiger partial charge in [0, 0.05) is 18.5 Å². The van der Waals surface area contributed by atoms with Gasteiger partial charge >= 0.3 is 0 Å². The van der Waals surface area contributed by atoms with Crippen molar-refractivity contribution in [1.29, 1.82) is 0 Å². The van der Waals surface area contributed by atoms with Gasteiger partial charge in [-0.05, 0) is 51.1 Å². The van der Waals surface area contributed by atoms with Crippen LogP contribution in [0.15, 0.2) is 24.3 Å². The van der Waals surface area contributed by atoms with Crippen molar-refractivity contribution in [2.24, 2.45) is 5.92 Å². The van der Waals surface area contributed by atoms with E-state index in [9.17, 15) is 9.50 Å². The third kappa shape index (κ3) is 3.91. The van der Waals surface area contributed by atoms with E-state index in [1.54, 1.807) is 12.1 Å². The second-order valence-corrected chi connectivity index (χ2v) is 5.47. The Morgan fingerprint density at radius 3 is 2.63 bits per heavy atom. The van der Waals surface area contributed by atoms with Crippen LogP contribution in [0.25, 0.3) is 0 Å². The van der Waals surface area contributed by atoms with Crippen LogP contribution in [0.1, 0.15) is 20.3 Å². The zero-order chi connectivity index (χ0) is 13.8. The minimum atomic E-state index is -0.464. The van der Waals surface area contributed by atoms with E-state index in [4.69, 9.17) is 4.74 Å². The molecule has 0 saturated carbocycles. The molecule has 19 heavy (non-hydrogen) atoms. The normalized spacial score (nSPS) is 21.8. The van der Waals surface area contributed by atoms with Gasteiger partial charge in [0.1, 0.15) is 18.2 Å². The number of halogens is 1. The highest BCUT2D eigenvalue weighted by molar-refractivity contribution is 5.22. The number of nitrogens with zero attached hydrogens (tertiary/aromatic N) is 1. The second kappa shape index (κ2) is 6.35. The lowest BCUT2D eigenvalue weighted by Gasteiger charge is -2.22. The molecule has 1 aromatic rings. The second-order valence-electron chi connectivity index (χ2n) is 5.47. The van der Waals surface area contributed by atoms with Gasteiger partial charge in [0.15, 0.2) is 0 Å². The van der Waals surface area contributed by atoms with Crippen LogP contribution in [0.2, 0.25) is 0 Å². The summed E-state index contributed by atoms with van der Waals surface area (Å²) in [5, 5.41) is 10.1. The maximum atomic E-state index is 12.7. The van der Waals surface area contributed by atoms with Crippen molar-refractivity contribution >= 4 is 0 Å². The molecule has 0 amide bonds. The largest absolute Gasteiger partial charge is 0.491 e. The van der Waals surface area contributed by atoms with Crippen LogP contribution in [0, 0.1) is 11.7 Å². The maximum absolute atomic E-state index is 12.7. The van der Waals surface area contributed by atoms with Crippen molar-refractivity contribution in [3.8, 4) is 5.75 Å². The number of hydrogen-bond acceptors (Lipinski definition) is 3. The fourth-order valence-corrected chi connectivity index (χ4v) is 2.45. The Bertz CT molecular complexity index is 394. The summed E-state index contributed by atoms with van der Waals surface area (Å²) in [6, 6.07) is 6.40. The Morgan fingerprint density at radius 2 is 2.05 bits per heavy atom. The molecule has 4 heteroatoms. The van der Waals surface area contributed by atoms with E-state index in [0.29, 0.717) is 11.8 Å². The number of ether oxygens (including phenoxy) is 1. The molecule has 0 bridgehead atoms. The van der Waals surface area contributed by atoms with Crippen molar-refractivity contribution in [1.82, 2.24) is 4.90 Å². The lowest BCUT2D eigenvalue weighted by Crippen LogP contribution is -2.33. The van der Waals surface area contributed by atoms with Crippen LogP contribution < -0.4 is 4.74 Å². The van der Waals surface area contributed by atoms with Crippen LogP contribution in [0.5, 0.6) is 5.75 Å². The van der Waals surface area contributed by atoms with E-state index >= 15 is 0 Å². The van der Waals surface area contributed by atoms with Gasteiger partial charge in [-0.2, -0.15) is 0 Å². The highest BCUT2D eigenvalue weighted by Gasteiger charge is 2.29. The van der Waals surface area contributed by atoms with Gasteiger partial charge in [-0.1, -0.05) is 0 Å². The Labute approximate surface area is 114 Å². The zero-order valence-electron chi connectivity index (χ0n) is 11.6. The summed E-state index contributed by atoms with van der Waals surface area (Å²) in [6.45, 7) is 6.57. The smallest absolute Gasteiger partial charge is 0.123 e. The zero-order valence-corrected chi connectivity index (χ0v) is 11.6. The molecule has 1 aliphatic rings. The molecule has 0 aliphatic carbocycles. The van der Waals surface area contributed by atoms with Crippen molar-refractivity contribution in [2.75, 3.05) is 19.7 Å². The summed E-state index contributed by atoms with van der Waals surface area (Å²) < 4.78 is 18.2. The predicted octanol–water partition coefficient (Wildman–Crippen LogP) is 2.30. The fourth-order valence-electron chi connectivity index (χ4n) is 2.45. The number of hydrogen-bond donors (Lipinski definition) is 1. The standard InChI is InChI=1S/C15H22FNO2/c1-11(2)17-8-7-12(9-17)15(18)10-19-14-5-3-13(16)4-6-14/h3-6,11-12,15,18H,7-10H2,1-2H3. The Hall–Kier alpha value is -1.13. The van der Waals surface area contributed by atoms with Gasteiger partial charge in [0.2, 0.25) is 0 Å². The molecule has 1 saturated heterocycles. The molecule has 1 aliphatic heterocycles. The van der Waals surface area contributed by atoms with E-state index < -0.39 is 6.10 Å². The van der Waals surface area contributed by atoms with Crippen LogP contribution in [0.4, 0.5) is 4.39 Å². The third-order valence-electron chi connectivity index (χ3n) is 3.76. The van der Waals surface area contributed by atoms with Crippen LogP contribution >= 0.6 is 0 Å². The van der Waals surface area contributed by atoms with Crippen LogP contribution in [-0.4, -0.2) is 41.8 Å². The fraction of sp³-hybridized carbons (Fsp3) is 0.600. The number of likely N-dealkylation sites (tertiary alicyclic amines) is 1. The number of rotatable bonds is 5. The van der Waals surface area contributed by atoms with Crippen LogP contribution in [0.3, 0.4) is 0 Å². The first kappa shape index (κ1) is 14.3. The van der Waals surface area contributed by atoms with Gasteiger partial charge in [-0.15, -0.1) is 0 Å². The lowest BCUT2D eigenvalue weighted by molar-refractivity contribution is 0.0583. The molecule has 1 fully saturated rings. The maximum Gasteiger partial charge on any atom is 0.123 e. The summed E-state index contributed by atoms with van der Waals surface area (Å²) in [7, 11) is 0. The molecule has 2 atom stereocenters. The number of benzene rings is 1.